The van der Waals surface area contributed by atoms with Gasteiger partial charge in [0.2, 0.25) is 0 Å². The normalized spacial score (nSPS) is 14.5. The summed E-state index contributed by atoms with van der Waals surface area (Å²) in [7, 11) is 0. The van der Waals surface area contributed by atoms with Gasteiger partial charge in [-0.05, 0) is 13.3 Å². The maximum atomic E-state index is 11.1. The molecule has 0 bridgehead atoms. The largest absolute Gasteiger partial charge is 0.480 e. The van der Waals surface area contributed by atoms with E-state index in [0.717, 1.165) is 12.8 Å². The van der Waals surface area contributed by atoms with Gasteiger partial charge in [0.15, 0.2) is 0 Å². The molecule has 0 fully saturated rings. The number of aliphatic carboxylic acids is 1. The third-order valence-electron chi connectivity index (χ3n) is 2.64. The number of carboxylic acid groups (broad SMARTS) is 1. The van der Waals surface area contributed by atoms with Gasteiger partial charge < -0.3 is 5.11 Å². The molecule has 0 aromatic heterocycles. The number of hydrogen-bond acceptors (Lipinski definition) is 2. The minimum Gasteiger partial charge on any atom is -0.480 e. The van der Waals surface area contributed by atoms with Crippen LogP contribution in [0.1, 0.15) is 46.0 Å². The zero-order chi connectivity index (χ0) is 11.7. The summed E-state index contributed by atoms with van der Waals surface area (Å²) in [5.41, 5.74) is -0.804. The van der Waals surface area contributed by atoms with Crippen molar-refractivity contribution in [2.45, 2.75) is 51.5 Å². The standard InChI is InChI=1S/C12H23NO2/c1-4-6-7-8-9-12(3,11(14)15)13-10-5-2/h5,13H,2,4,6-10H2,1,3H3,(H,14,15). The molecular weight excluding hydrogens is 190 g/mol. The molecule has 0 amide bonds. The average Bonchev–Trinajstić information content (AvgIpc) is 2.21. The van der Waals surface area contributed by atoms with Crippen LogP contribution < -0.4 is 5.32 Å². The van der Waals surface area contributed by atoms with Crippen molar-refractivity contribution < 1.29 is 9.90 Å². The zero-order valence-electron chi connectivity index (χ0n) is 9.88. The highest BCUT2D eigenvalue weighted by Crippen LogP contribution is 2.15. The van der Waals surface area contributed by atoms with Crippen molar-refractivity contribution in [1.29, 1.82) is 0 Å². The van der Waals surface area contributed by atoms with E-state index in [4.69, 9.17) is 5.11 Å². The Balaban J connectivity index is 4.01. The lowest BCUT2D eigenvalue weighted by molar-refractivity contribution is -0.144. The Morgan fingerprint density at radius 3 is 2.60 bits per heavy atom. The molecule has 1 unspecified atom stereocenters. The van der Waals surface area contributed by atoms with Crippen LogP contribution in [-0.2, 0) is 4.79 Å². The first-order valence-electron chi connectivity index (χ1n) is 5.66. The first-order chi connectivity index (χ1) is 7.06. The van der Waals surface area contributed by atoms with Crippen LogP contribution in [0.3, 0.4) is 0 Å². The minimum absolute atomic E-state index is 0.538. The Kier molecular flexibility index (Phi) is 7.05. The Labute approximate surface area is 92.6 Å². The smallest absolute Gasteiger partial charge is 0.323 e. The van der Waals surface area contributed by atoms with Crippen LogP contribution in [0.25, 0.3) is 0 Å². The summed E-state index contributed by atoms with van der Waals surface area (Å²) in [5, 5.41) is 12.1. The summed E-state index contributed by atoms with van der Waals surface area (Å²) >= 11 is 0. The van der Waals surface area contributed by atoms with E-state index in [1.54, 1.807) is 13.0 Å². The third kappa shape index (κ3) is 5.57. The topological polar surface area (TPSA) is 49.3 Å². The fourth-order valence-electron chi connectivity index (χ4n) is 1.47. The van der Waals surface area contributed by atoms with Gasteiger partial charge in [0.05, 0.1) is 0 Å². The molecule has 0 rings (SSSR count). The highest BCUT2D eigenvalue weighted by molar-refractivity contribution is 5.78. The molecule has 0 aliphatic heterocycles. The molecular formula is C12H23NO2. The van der Waals surface area contributed by atoms with Crippen LogP contribution in [0, 0.1) is 0 Å². The van der Waals surface area contributed by atoms with Crippen molar-refractivity contribution in [3.05, 3.63) is 12.7 Å². The fraction of sp³-hybridized carbons (Fsp3) is 0.750. The Morgan fingerprint density at radius 1 is 1.47 bits per heavy atom. The summed E-state index contributed by atoms with van der Waals surface area (Å²) in [6.07, 6.45) is 6.78. The molecule has 0 spiro atoms. The summed E-state index contributed by atoms with van der Waals surface area (Å²) in [5.74, 6) is -0.777. The maximum absolute atomic E-state index is 11.1. The highest BCUT2D eigenvalue weighted by Gasteiger charge is 2.31. The summed E-state index contributed by atoms with van der Waals surface area (Å²) in [4.78, 5) is 11.1. The number of rotatable bonds is 9. The molecule has 0 aliphatic carbocycles. The number of nitrogens with one attached hydrogen (secondary N) is 1. The molecule has 15 heavy (non-hydrogen) atoms. The SMILES string of the molecule is C=CCNC(C)(CCCCCC)C(=O)O. The molecule has 2 N–H and O–H groups in total. The van der Waals surface area contributed by atoms with Crippen LogP contribution in [0.5, 0.6) is 0 Å². The zero-order valence-corrected chi connectivity index (χ0v) is 9.88. The van der Waals surface area contributed by atoms with E-state index in [0.29, 0.717) is 13.0 Å². The van der Waals surface area contributed by atoms with Crippen molar-refractivity contribution >= 4 is 5.97 Å². The van der Waals surface area contributed by atoms with Gasteiger partial charge in [-0.1, -0.05) is 38.7 Å². The molecule has 0 heterocycles. The monoisotopic (exact) mass is 213 g/mol. The second kappa shape index (κ2) is 7.46. The molecule has 0 saturated carbocycles. The lowest BCUT2D eigenvalue weighted by atomic mass is 9.94. The third-order valence-corrected chi connectivity index (χ3v) is 2.64. The molecule has 1 atom stereocenters. The van der Waals surface area contributed by atoms with Crippen molar-refractivity contribution in [2.75, 3.05) is 6.54 Å². The fourth-order valence-corrected chi connectivity index (χ4v) is 1.47. The molecule has 0 aromatic carbocycles. The van der Waals surface area contributed by atoms with Gasteiger partial charge in [0.1, 0.15) is 5.54 Å². The molecule has 88 valence electrons. The van der Waals surface area contributed by atoms with Crippen molar-refractivity contribution in [3.8, 4) is 0 Å². The van der Waals surface area contributed by atoms with Crippen LogP contribution in [0.4, 0.5) is 0 Å². The number of carbonyl (C=O) groups is 1. The van der Waals surface area contributed by atoms with E-state index in [2.05, 4.69) is 18.8 Å². The van der Waals surface area contributed by atoms with Crippen molar-refractivity contribution in [2.24, 2.45) is 0 Å². The molecule has 3 nitrogen and oxygen atoms in total. The van der Waals surface area contributed by atoms with Gasteiger partial charge in [-0.2, -0.15) is 0 Å². The first kappa shape index (κ1) is 14.2. The number of unbranched alkanes of at least 4 members (excludes halogenated alkanes) is 3. The van der Waals surface area contributed by atoms with E-state index >= 15 is 0 Å². The van der Waals surface area contributed by atoms with Crippen molar-refractivity contribution in [1.82, 2.24) is 5.32 Å². The Hall–Kier alpha value is -0.830. The predicted molar refractivity (Wildman–Crippen MR) is 63.0 cm³/mol. The number of carboxylic acids is 1. The lowest BCUT2D eigenvalue weighted by Crippen LogP contribution is -2.49. The Morgan fingerprint density at radius 2 is 2.13 bits per heavy atom. The lowest BCUT2D eigenvalue weighted by Gasteiger charge is -2.25. The van der Waals surface area contributed by atoms with Crippen molar-refractivity contribution in [3.63, 3.8) is 0 Å². The highest BCUT2D eigenvalue weighted by atomic mass is 16.4. The molecule has 0 saturated heterocycles. The van der Waals surface area contributed by atoms with E-state index in [-0.39, 0.29) is 0 Å². The Bertz CT molecular complexity index is 204. The van der Waals surface area contributed by atoms with Crippen LogP contribution in [-0.4, -0.2) is 23.2 Å². The van der Waals surface area contributed by atoms with Gasteiger partial charge in [-0.3, -0.25) is 10.1 Å². The predicted octanol–water partition coefficient (Wildman–Crippen LogP) is 2.58. The summed E-state index contributed by atoms with van der Waals surface area (Å²) < 4.78 is 0. The van der Waals surface area contributed by atoms with Gasteiger partial charge in [-0.25, -0.2) is 0 Å². The first-order valence-corrected chi connectivity index (χ1v) is 5.66. The minimum atomic E-state index is -0.804. The molecule has 3 heteroatoms. The van der Waals surface area contributed by atoms with Gasteiger partial charge in [-0.15, -0.1) is 6.58 Å². The van der Waals surface area contributed by atoms with Crippen LogP contribution in [0.2, 0.25) is 0 Å². The van der Waals surface area contributed by atoms with Crippen LogP contribution >= 0.6 is 0 Å². The second-order valence-electron chi connectivity index (χ2n) is 4.12. The van der Waals surface area contributed by atoms with E-state index in [1.807, 2.05) is 0 Å². The van der Waals surface area contributed by atoms with Gasteiger partial charge >= 0.3 is 5.97 Å². The second-order valence-corrected chi connectivity index (χ2v) is 4.12. The van der Waals surface area contributed by atoms with Gasteiger partial charge in [0.25, 0.3) is 0 Å². The molecule has 0 radical (unpaired) electrons. The number of hydrogen-bond donors (Lipinski definition) is 2. The van der Waals surface area contributed by atoms with E-state index in [1.165, 1.54) is 12.8 Å². The quantitative estimate of drug-likeness (QED) is 0.457. The van der Waals surface area contributed by atoms with Gasteiger partial charge in [0, 0.05) is 6.54 Å². The van der Waals surface area contributed by atoms with Crippen LogP contribution in [0.15, 0.2) is 12.7 Å². The molecule has 0 aromatic rings. The summed E-state index contributed by atoms with van der Waals surface area (Å²) in [6.45, 7) is 8.00. The maximum Gasteiger partial charge on any atom is 0.323 e. The van der Waals surface area contributed by atoms with E-state index < -0.39 is 11.5 Å². The average molecular weight is 213 g/mol. The summed E-state index contributed by atoms with van der Waals surface area (Å²) in [6, 6.07) is 0. The molecule has 0 aliphatic rings. The van der Waals surface area contributed by atoms with E-state index in [9.17, 15) is 4.79 Å².